The van der Waals surface area contributed by atoms with Crippen molar-refractivity contribution in [1.82, 2.24) is 5.32 Å². The van der Waals surface area contributed by atoms with Gasteiger partial charge in [-0.1, -0.05) is 36.4 Å². The number of rotatable bonds is 11. The molecule has 0 spiro atoms. The second kappa shape index (κ2) is 12.3. The van der Waals surface area contributed by atoms with Crippen molar-refractivity contribution in [2.45, 2.75) is 20.0 Å². The fraction of sp³-hybridized carbons (Fsp3) is 0.231. The van der Waals surface area contributed by atoms with E-state index < -0.39 is 0 Å². The van der Waals surface area contributed by atoms with Crippen LogP contribution >= 0.6 is 0 Å². The van der Waals surface area contributed by atoms with E-state index in [-0.39, 0.29) is 11.8 Å². The summed E-state index contributed by atoms with van der Waals surface area (Å²) >= 11 is 0. The van der Waals surface area contributed by atoms with Gasteiger partial charge in [0.1, 0.15) is 12.4 Å². The van der Waals surface area contributed by atoms with Crippen molar-refractivity contribution in [3.05, 3.63) is 95.6 Å². The summed E-state index contributed by atoms with van der Waals surface area (Å²) in [5.41, 5.74) is 2.63. The maximum Gasteiger partial charge on any atom is 0.255 e. The van der Waals surface area contributed by atoms with Gasteiger partial charge < -0.3 is 20.1 Å². The van der Waals surface area contributed by atoms with Gasteiger partial charge in [0.25, 0.3) is 11.8 Å². The molecule has 0 unspecified atom stereocenters. The third-order valence-corrected chi connectivity index (χ3v) is 4.70. The lowest BCUT2D eigenvalue weighted by Crippen LogP contribution is -2.25. The van der Waals surface area contributed by atoms with Crippen LogP contribution in [0.2, 0.25) is 0 Å². The van der Waals surface area contributed by atoms with Gasteiger partial charge in [-0.25, -0.2) is 0 Å². The van der Waals surface area contributed by atoms with Crippen LogP contribution in [0.25, 0.3) is 0 Å². The quantitative estimate of drug-likeness (QED) is 0.432. The predicted octanol–water partition coefficient (Wildman–Crippen LogP) is 4.67. The summed E-state index contributed by atoms with van der Waals surface area (Å²) in [4.78, 5) is 24.9. The van der Waals surface area contributed by atoms with Crippen molar-refractivity contribution >= 4 is 17.5 Å². The Kier molecular flexibility index (Phi) is 8.83. The number of benzene rings is 3. The normalized spacial score (nSPS) is 10.4. The van der Waals surface area contributed by atoms with Gasteiger partial charge in [0.15, 0.2) is 0 Å². The highest BCUT2D eigenvalue weighted by Gasteiger charge is 2.10. The van der Waals surface area contributed by atoms with Crippen LogP contribution in [0.1, 0.15) is 39.6 Å². The Bertz CT molecular complexity index is 1000. The van der Waals surface area contributed by atoms with Crippen molar-refractivity contribution < 1.29 is 19.1 Å². The van der Waals surface area contributed by atoms with E-state index in [4.69, 9.17) is 9.47 Å². The van der Waals surface area contributed by atoms with E-state index in [0.717, 1.165) is 12.0 Å². The van der Waals surface area contributed by atoms with E-state index in [1.54, 1.807) is 48.5 Å². The Hall–Kier alpha value is -3.64. The summed E-state index contributed by atoms with van der Waals surface area (Å²) in [7, 11) is 0. The van der Waals surface area contributed by atoms with Gasteiger partial charge >= 0.3 is 0 Å². The van der Waals surface area contributed by atoms with Crippen LogP contribution in [0.3, 0.4) is 0 Å². The fourth-order valence-electron chi connectivity index (χ4n) is 3.01. The molecule has 3 aromatic carbocycles. The molecule has 0 saturated heterocycles. The Morgan fingerprint density at radius 2 is 1.62 bits per heavy atom. The number of carbonyl (C=O) groups excluding carboxylic acids is 2. The molecule has 0 aliphatic carbocycles. The molecule has 6 heteroatoms. The molecule has 2 N–H and O–H groups in total. The van der Waals surface area contributed by atoms with Gasteiger partial charge in [-0.05, 0) is 61.4 Å². The predicted molar refractivity (Wildman–Crippen MR) is 125 cm³/mol. The largest absolute Gasteiger partial charge is 0.489 e. The maximum absolute atomic E-state index is 12.6. The second-order valence-corrected chi connectivity index (χ2v) is 7.14. The summed E-state index contributed by atoms with van der Waals surface area (Å²) in [5.74, 6) is 0.250. The summed E-state index contributed by atoms with van der Waals surface area (Å²) in [6, 6.07) is 23.7. The smallest absolute Gasteiger partial charge is 0.255 e. The average molecular weight is 433 g/mol. The minimum absolute atomic E-state index is 0.183. The van der Waals surface area contributed by atoms with Gasteiger partial charge in [-0.2, -0.15) is 0 Å². The molecule has 0 radical (unpaired) electrons. The molecule has 0 fully saturated rings. The van der Waals surface area contributed by atoms with Gasteiger partial charge in [0.05, 0.1) is 0 Å². The Morgan fingerprint density at radius 3 is 2.38 bits per heavy atom. The van der Waals surface area contributed by atoms with E-state index in [0.29, 0.717) is 48.9 Å². The van der Waals surface area contributed by atoms with Crippen LogP contribution in [-0.2, 0) is 11.3 Å². The van der Waals surface area contributed by atoms with E-state index in [1.807, 2.05) is 37.3 Å². The molecular weight excluding hydrogens is 404 g/mol. The van der Waals surface area contributed by atoms with E-state index in [2.05, 4.69) is 10.6 Å². The molecule has 0 aliphatic heterocycles. The Morgan fingerprint density at radius 1 is 0.844 bits per heavy atom. The molecule has 0 aromatic heterocycles. The third-order valence-electron chi connectivity index (χ3n) is 4.70. The highest BCUT2D eigenvalue weighted by Crippen LogP contribution is 2.17. The van der Waals surface area contributed by atoms with Crippen LogP contribution in [0.15, 0.2) is 78.9 Å². The molecule has 0 bridgehead atoms. The fourth-order valence-corrected chi connectivity index (χ4v) is 3.01. The Labute approximate surface area is 188 Å². The standard InChI is InChI=1S/C26H28N2O4/c1-2-31-17-7-16-27-25(29)22-10-6-11-23(18-22)28-26(30)21-12-14-24(15-13-21)32-19-20-8-4-3-5-9-20/h3-6,8-15,18H,2,7,16-17,19H2,1H3,(H,27,29)(H,28,30). The number of anilines is 1. The number of hydrogen-bond donors (Lipinski definition) is 2. The first-order valence-electron chi connectivity index (χ1n) is 10.7. The van der Waals surface area contributed by atoms with Crippen molar-refractivity contribution in [1.29, 1.82) is 0 Å². The molecule has 3 rings (SSSR count). The minimum atomic E-state index is -0.256. The van der Waals surface area contributed by atoms with Crippen molar-refractivity contribution in [2.24, 2.45) is 0 Å². The zero-order valence-electron chi connectivity index (χ0n) is 18.2. The highest BCUT2D eigenvalue weighted by atomic mass is 16.5. The second-order valence-electron chi connectivity index (χ2n) is 7.14. The van der Waals surface area contributed by atoms with Crippen LogP contribution in [0.5, 0.6) is 5.75 Å². The molecule has 0 atom stereocenters. The maximum atomic E-state index is 12.6. The lowest BCUT2D eigenvalue weighted by Gasteiger charge is -2.10. The minimum Gasteiger partial charge on any atom is -0.489 e. The van der Waals surface area contributed by atoms with E-state index in [9.17, 15) is 9.59 Å². The molecule has 0 aliphatic rings. The molecular formula is C26H28N2O4. The van der Waals surface area contributed by atoms with Crippen LogP contribution < -0.4 is 15.4 Å². The van der Waals surface area contributed by atoms with Crippen LogP contribution in [0, 0.1) is 0 Å². The summed E-state index contributed by atoms with van der Waals surface area (Å²) in [6.45, 7) is 4.22. The first kappa shape index (κ1) is 23.0. The number of carbonyl (C=O) groups is 2. The molecule has 32 heavy (non-hydrogen) atoms. The highest BCUT2D eigenvalue weighted by molar-refractivity contribution is 6.05. The van der Waals surface area contributed by atoms with Crippen molar-refractivity contribution in [3.8, 4) is 5.75 Å². The molecule has 2 amide bonds. The lowest BCUT2D eigenvalue weighted by molar-refractivity contribution is 0.0943. The number of hydrogen-bond acceptors (Lipinski definition) is 4. The zero-order chi connectivity index (χ0) is 22.6. The topological polar surface area (TPSA) is 76.7 Å². The van der Waals surface area contributed by atoms with Crippen molar-refractivity contribution in [3.63, 3.8) is 0 Å². The number of amides is 2. The Balaban J connectivity index is 1.51. The third kappa shape index (κ3) is 7.25. The molecule has 166 valence electrons. The van der Waals surface area contributed by atoms with Gasteiger partial charge in [0.2, 0.25) is 0 Å². The average Bonchev–Trinajstić information content (AvgIpc) is 2.83. The van der Waals surface area contributed by atoms with Gasteiger partial charge in [-0.3, -0.25) is 9.59 Å². The molecule has 0 heterocycles. The number of nitrogens with one attached hydrogen (secondary N) is 2. The molecule has 3 aromatic rings. The number of ether oxygens (including phenoxy) is 2. The summed E-state index contributed by atoms with van der Waals surface area (Å²) in [6.07, 6.45) is 0.751. The van der Waals surface area contributed by atoms with Crippen LogP contribution in [0.4, 0.5) is 5.69 Å². The van der Waals surface area contributed by atoms with Crippen LogP contribution in [-0.4, -0.2) is 31.6 Å². The van der Waals surface area contributed by atoms with E-state index in [1.165, 1.54) is 0 Å². The monoisotopic (exact) mass is 432 g/mol. The molecule has 0 saturated carbocycles. The summed E-state index contributed by atoms with van der Waals surface area (Å²) in [5, 5.41) is 5.69. The zero-order valence-corrected chi connectivity index (χ0v) is 18.2. The van der Waals surface area contributed by atoms with Crippen molar-refractivity contribution in [2.75, 3.05) is 25.1 Å². The first-order chi connectivity index (χ1) is 15.7. The lowest BCUT2D eigenvalue weighted by atomic mass is 10.1. The molecule has 6 nitrogen and oxygen atoms in total. The first-order valence-corrected chi connectivity index (χ1v) is 10.7. The summed E-state index contributed by atoms with van der Waals surface area (Å²) < 4.78 is 11.0. The van der Waals surface area contributed by atoms with Gasteiger partial charge in [-0.15, -0.1) is 0 Å². The SMILES string of the molecule is CCOCCCNC(=O)c1cccc(NC(=O)c2ccc(OCc3ccccc3)cc2)c1. The van der Waals surface area contributed by atoms with Gasteiger partial charge in [0, 0.05) is 36.6 Å². The van der Waals surface area contributed by atoms with E-state index >= 15 is 0 Å².